The second-order valence-corrected chi connectivity index (χ2v) is 4.05. The topological polar surface area (TPSA) is 61.8 Å². The Hall–Kier alpha value is -1.33. The molecule has 0 atom stereocenters. The molecule has 6 heteroatoms. The van der Waals surface area contributed by atoms with Gasteiger partial charge in [0.25, 0.3) is 0 Å². The van der Waals surface area contributed by atoms with E-state index in [2.05, 4.69) is 5.16 Å². The quantitative estimate of drug-likeness (QED) is 0.368. The molecule has 0 aliphatic heterocycles. The summed E-state index contributed by atoms with van der Waals surface area (Å²) < 4.78 is 13.0. The van der Waals surface area contributed by atoms with Crippen LogP contribution in [0.4, 0.5) is 4.39 Å². The number of halogens is 2. The van der Waals surface area contributed by atoms with E-state index in [4.69, 9.17) is 22.5 Å². The van der Waals surface area contributed by atoms with Gasteiger partial charge in [0.2, 0.25) is 0 Å². The molecule has 1 rings (SSSR count). The van der Waals surface area contributed by atoms with Gasteiger partial charge < -0.3 is 10.9 Å². The van der Waals surface area contributed by atoms with Crippen molar-refractivity contribution in [1.29, 1.82) is 0 Å². The normalized spacial score (nSPS) is 12.1. The van der Waals surface area contributed by atoms with Crippen LogP contribution in [-0.2, 0) is 6.54 Å². The molecule has 0 bridgehead atoms. The number of likely N-dealkylation sites (N-methyl/N-ethyl adjacent to an activating group) is 1. The monoisotopic (exact) mass is 259 g/mol. The molecule has 0 amide bonds. The third-order valence-corrected chi connectivity index (χ3v) is 2.64. The van der Waals surface area contributed by atoms with Crippen molar-refractivity contribution in [3.8, 4) is 0 Å². The predicted octanol–water partition coefficient (Wildman–Crippen LogP) is 2.05. The first-order valence-corrected chi connectivity index (χ1v) is 5.57. The highest BCUT2D eigenvalue weighted by molar-refractivity contribution is 6.30. The molecule has 1 aromatic carbocycles. The SMILES string of the molecule is CCN(C/C(N)=N/O)Cc1ccc(F)c(Cl)c1. The highest BCUT2D eigenvalue weighted by Crippen LogP contribution is 2.17. The number of benzene rings is 1. The Labute approximate surface area is 104 Å². The van der Waals surface area contributed by atoms with E-state index in [1.54, 1.807) is 12.1 Å². The zero-order valence-electron chi connectivity index (χ0n) is 9.53. The van der Waals surface area contributed by atoms with Crippen LogP contribution in [0.3, 0.4) is 0 Å². The van der Waals surface area contributed by atoms with Gasteiger partial charge >= 0.3 is 0 Å². The zero-order valence-corrected chi connectivity index (χ0v) is 10.3. The molecule has 0 radical (unpaired) electrons. The molecule has 0 fully saturated rings. The van der Waals surface area contributed by atoms with Crippen molar-refractivity contribution in [2.75, 3.05) is 13.1 Å². The third-order valence-electron chi connectivity index (χ3n) is 2.35. The lowest BCUT2D eigenvalue weighted by molar-refractivity contribution is 0.294. The van der Waals surface area contributed by atoms with Gasteiger partial charge in [-0.3, -0.25) is 4.90 Å². The number of hydrogen-bond donors (Lipinski definition) is 2. The minimum atomic E-state index is -0.435. The molecule has 3 N–H and O–H groups in total. The molecular weight excluding hydrogens is 245 g/mol. The Kier molecular flexibility index (Phi) is 5.18. The van der Waals surface area contributed by atoms with Gasteiger partial charge in [0.05, 0.1) is 11.6 Å². The average molecular weight is 260 g/mol. The number of hydrogen-bond acceptors (Lipinski definition) is 3. The van der Waals surface area contributed by atoms with Gasteiger partial charge in [-0.15, -0.1) is 0 Å². The minimum Gasteiger partial charge on any atom is -0.409 e. The summed E-state index contributed by atoms with van der Waals surface area (Å²) in [4.78, 5) is 1.94. The average Bonchev–Trinajstić information content (AvgIpc) is 2.32. The third kappa shape index (κ3) is 4.20. The molecule has 0 heterocycles. The van der Waals surface area contributed by atoms with Gasteiger partial charge in [-0.05, 0) is 24.2 Å². The minimum absolute atomic E-state index is 0.0994. The highest BCUT2D eigenvalue weighted by Gasteiger charge is 2.08. The second kappa shape index (κ2) is 6.42. The predicted molar refractivity (Wildman–Crippen MR) is 65.8 cm³/mol. The Bertz CT molecular complexity index is 412. The van der Waals surface area contributed by atoms with E-state index in [1.165, 1.54) is 6.07 Å². The molecule has 0 aliphatic rings. The first-order chi connectivity index (χ1) is 8.06. The van der Waals surface area contributed by atoms with Crippen LogP contribution < -0.4 is 5.73 Å². The van der Waals surface area contributed by atoms with Crippen LogP contribution in [0.25, 0.3) is 0 Å². The lowest BCUT2D eigenvalue weighted by atomic mass is 10.2. The van der Waals surface area contributed by atoms with E-state index < -0.39 is 5.82 Å². The van der Waals surface area contributed by atoms with E-state index >= 15 is 0 Å². The van der Waals surface area contributed by atoms with Crippen LogP contribution >= 0.6 is 11.6 Å². The van der Waals surface area contributed by atoms with Crippen molar-refractivity contribution in [1.82, 2.24) is 4.90 Å². The molecule has 0 saturated heterocycles. The summed E-state index contributed by atoms with van der Waals surface area (Å²) >= 11 is 5.69. The van der Waals surface area contributed by atoms with Crippen molar-refractivity contribution in [2.45, 2.75) is 13.5 Å². The lowest BCUT2D eigenvalue weighted by Crippen LogP contribution is -2.33. The Morgan fingerprint density at radius 3 is 2.82 bits per heavy atom. The summed E-state index contributed by atoms with van der Waals surface area (Å²) in [5.41, 5.74) is 6.31. The summed E-state index contributed by atoms with van der Waals surface area (Å²) in [6.45, 7) is 3.59. The fraction of sp³-hybridized carbons (Fsp3) is 0.364. The number of amidine groups is 1. The number of rotatable bonds is 5. The van der Waals surface area contributed by atoms with Crippen molar-refractivity contribution in [3.63, 3.8) is 0 Å². The van der Waals surface area contributed by atoms with Gasteiger partial charge in [-0.2, -0.15) is 0 Å². The summed E-state index contributed by atoms with van der Waals surface area (Å²) in [5.74, 6) is -0.296. The van der Waals surface area contributed by atoms with Crippen molar-refractivity contribution >= 4 is 17.4 Å². The highest BCUT2D eigenvalue weighted by atomic mass is 35.5. The maximum atomic E-state index is 13.0. The number of nitrogens with two attached hydrogens (primary N) is 1. The maximum absolute atomic E-state index is 13.0. The molecule has 0 unspecified atom stereocenters. The van der Waals surface area contributed by atoms with E-state index in [9.17, 15) is 4.39 Å². The molecule has 1 aromatic rings. The lowest BCUT2D eigenvalue weighted by Gasteiger charge is -2.19. The van der Waals surface area contributed by atoms with Gasteiger partial charge in [-0.1, -0.05) is 29.7 Å². The molecular formula is C11H15ClFN3O. The molecule has 0 aromatic heterocycles. The summed E-state index contributed by atoms with van der Waals surface area (Å²) in [6.07, 6.45) is 0. The smallest absolute Gasteiger partial charge is 0.153 e. The summed E-state index contributed by atoms with van der Waals surface area (Å²) in [5, 5.41) is 11.5. The number of nitrogens with zero attached hydrogens (tertiary/aromatic N) is 2. The first-order valence-electron chi connectivity index (χ1n) is 5.19. The molecule has 0 spiro atoms. The first kappa shape index (κ1) is 13.7. The molecule has 4 nitrogen and oxygen atoms in total. The Morgan fingerprint density at radius 1 is 1.59 bits per heavy atom. The molecule has 0 saturated carbocycles. The second-order valence-electron chi connectivity index (χ2n) is 3.64. The van der Waals surface area contributed by atoms with Crippen LogP contribution in [0.2, 0.25) is 5.02 Å². The van der Waals surface area contributed by atoms with Crippen LogP contribution in [0.15, 0.2) is 23.4 Å². The fourth-order valence-electron chi connectivity index (χ4n) is 1.44. The Morgan fingerprint density at radius 2 is 2.29 bits per heavy atom. The van der Waals surface area contributed by atoms with Crippen molar-refractivity contribution < 1.29 is 9.60 Å². The van der Waals surface area contributed by atoms with Crippen molar-refractivity contribution in [3.05, 3.63) is 34.6 Å². The van der Waals surface area contributed by atoms with E-state index in [1.807, 2.05) is 11.8 Å². The molecule has 0 aliphatic carbocycles. The van der Waals surface area contributed by atoms with E-state index in [-0.39, 0.29) is 10.9 Å². The largest absolute Gasteiger partial charge is 0.409 e. The van der Waals surface area contributed by atoms with Crippen LogP contribution in [0.5, 0.6) is 0 Å². The van der Waals surface area contributed by atoms with Gasteiger partial charge in [0, 0.05) is 6.54 Å². The van der Waals surface area contributed by atoms with E-state index in [0.29, 0.717) is 13.1 Å². The fourth-order valence-corrected chi connectivity index (χ4v) is 1.64. The van der Waals surface area contributed by atoms with Gasteiger partial charge in [-0.25, -0.2) is 4.39 Å². The summed E-state index contributed by atoms with van der Waals surface area (Å²) in [6, 6.07) is 4.57. The molecule has 17 heavy (non-hydrogen) atoms. The maximum Gasteiger partial charge on any atom is 0.153 e. The summed E-state index contributed by atoms with van der Waals surface area (Å²) in [7, 11) is 0. The standard InChI is InChI=1S/C11H15ClFN3O/c1-2-16(7-11(14)15-17)6-8-3-4-10(13)9(12)5-8/h3-5,17H,2,6-7H2,1H3,(H2,14,15). The molecule has 94 valence electrons. The number of oxime groups is 1. The van der Waals surface area contributed by atoms with Crippen LogP contribution in [0.1, 0.15) is 12.5 Å². The van der Waals surface area contributed by atoms with E-state index in [0.717, 1.165) is 12.1 Å². The van der Waals surface area contributed by atoms with Gasteiger partial charge in [0.1, 0.15) is 5.82 Å². The van der Waals surface area contributed by atoms with Crippen molar-refractivity contribution in [2.24, 2.45) is 10.9 Å². The van der Waals surface area contributed by atoms with Crippen LogP contribution in [-0.4, -0.2) is 29.0 Å². The van der Waals surface area contributed by atoms with Crippen LogP contribution in [0, 0.1) is 5.82 Å². The zero-order chi connectivity index (χ0) is 12.8. The van der Waals surface area contributed by atoms with Gasteiger partial charge in [0.15, 0.2) is 5.84 Å². The Balaban J connectivity index is 2.70.